The molecule has 0 aliphatic rings. The zero-order valence-corrected chi connectivity index (χ0v) is 15.4. The first-order chi connectivity index (χ1) is 12.5. The number of anilines is 1. The minimum atomic E-state index is -0.512. The molecule has 134 valence electrons. The molecule has 0 aliphatic heterocycles. The molecule has 2 aromatic heterocycles. The maximum absolute atomic E-state index is 12.2. The van der Waals surface area contributed by atoms with E-state index >= 15 is 0 Å². The van der Waals surface area contributed by atoms with Gasteiger partial charge in [0.05, 0.1) is 10.7 Å². The highest BCUT2D eigenvalue weighted by Gasteiger charge is 2.18. The standard InChI is InChI=1S/C16H15N5O3S2/c1-10-4-2-6-12(21(23)24)15(10)18-14(22)9-26-16-17-13(19-20-16)8-11-5-3-7-25-11/h2-7H,8-9H2,1H3,(H,18,22)(H,17,19,20). The number of thioether (sulfide) groups is 1. The second-order valence-corrected chi connectivity index (χ2v) is 7.36. The molecule has 0 fully saturated rings. The first-order valence-corrected chi connectivity index (χ1v) is 9.50. The zero-order chi connectivity index (χ0) is 18.5. The van der Waals surface area contributed by atoms with E-state index in [0.29, 0.717) is 17.1 Å². The van der Waals surface area contributed by atoms with Crippen molar-refractivity contribution >= 4 is 40.4 Å². The van der Waals surface area contributed by atoms with Crippen molar-refractivity contribution in [3.63, 3.8) is 0 Å². The van der Waals surface area contributed by atoms with Crippen LogP contribution in [0.15, 0.2) is 40.9 Å². The zero-order valence-electron chi connectivity index (χ0n) is 13.8. The van der Waals surface area contributed by atoms with Crippen LogP contribution < -0.4 is 5.32 Å². The van der Waals surface area contributed by atoms with E-state index in [0.717, 1.165) is 5.82 Å². The predicted octanol–water partition coefficient (Wildman–Crippen LogP) is 3.40. The van der Waals surface area contributed by atoms with Crippen LogP contribution in [0.25, 0.3) is 0 Å². The number of nitro groups is 1. The summed E-state index contributed by atoms with van der Waals surface area (Å²) < 4.78 is 0. The van der Waals surface area contributed by atoms with Crippen molar-refractivity contribution in [3.8, 4) is 0 Å². The molecule has 0 saturated heterocycles. The van der Waals surface area contributed by atoms with E-state index in [9.17, 15) is 14.9 Å². The van der Waals surface area contributed by atoms with Gasteiger partial charge in [0.1, 0.15) is 11.5 Å². The van der Waals surface area contributed by atoms with Crippen molar-refractivity contribution in [2.45, 2.75) is 18.5 Å². The summed E-state index contributed by atoms with van der Waals surface area (Å²) >= 11 is 2.81. The molecule has 0 unspecified atom stereocenters. The van der Waals surface area contributed by atoms with E-state index in [1.165, 1.54) is 22.7 Å². The molecule has 10 heteroatoms. The third-order valence-corrected chi connectivity index (χ3v) is 5.20. The van der Waals surface area contributed by atoms with E-state index in [4.69, 9.17) is 0 Å². The molecule has 0 saturated carbocycles. The lowest BCUT2D eigenvalue weighted by atomic mass is 10.1. The number of carbonyl (C=O) groups excluding carboxylic acids is 1. The van der Waals surface area contributed by atoms with Crippen LogP contribution in [0, 0.1) is 17.0 Å². The van der Waals surface area contributed by atoms with Gasteiger partial charge in [-0.1, -0.05) is 30.0 Å². The van der Waals surface area contributed by atoms with Crippen LogP contribution in [-0.2, 0) is 11.2 Å². The van der Waals surface area contributed by atoms with Crippen LogP contribution in [0.3, 0.4) is 0 Å². The molecule has 0 spiro atoms. The Balaban J connectivity index is 1.58. The summed E-state index contributed by atoms with van der Waals surface area (Å²) in [5.74, 6) is 0.434. The summed E-state index contributed by atoms with van der Waals surface area (Å²) in [6.07, 6.45) is 0.660. The average Bonchev–Trinajstić information content (AvgIpc) is 3.27. The van der Waals surface area contributed by atoms with Gasteiger partial charge in [-0.25, -0.2) is 4.98 Å². The summed E-state index contributed by atoms with van der Waals surface area (Å²) in [6, 6.07) is 8.65. The number of amides is 1. The van der Waals surface area contributed by atoms with Crippen LogP contribution in [-0.4, -0.2) is 31.8 Å². The molecule has 0 atom stereocenters. The quantitative estimate of drug-likeness (QED) is 0.364. The van der Waals surface area contributed by atoms with Crippen molar-refractivity contribution in [2.24, 2.45) is 0 Å². The minimum Gasteiger partial charge on any atom is -0.319 e. The van der Waals surface area contributed by atoms with Gasteiger partial charge >= 0.3 is 0 Å². The predicted molar refractivity (Wildman–Crippen MR) is 101 cm³/mol. The van der Waals surface area contributed by atoms with Gasteiger partial charge in [0.2, 0.25) is 11.1 Å². The molecular formula is C16H15N5O3S2. The number of carbonyl (C=O) groups is 1. The first kappa shape index (κ1) is 18.1. The van der Waals surface area contributed by atoms with Crippen LogP contribution in [0.5, 0.6) is 0 Å². The van der Waals surface area contributed by atoms with Gasteiger partial charge in [0, 0.05) is 17.4 Å². The lowest BCUT2D eigenvalue weighted by molar-refractivity contribution is -0.384. The van der Waals surface area contributed by atoms with Crippen molar-refractivity contribution < 1.29 is 9.72 Å². The molecular weight excluding hydrogens is 374 g/mol. The van der Waals surface area contributed by atoms with E-state index < -0.39 is 4.92 Å². The number of nitrogens with one attached hydrogen (secondary N) is 2. The second-order valence-electron chi connectivity index (χ2n) is 5.38. The van der Waals surface area contributed by atoms with Gasteiger partial charge in [-0.15, -0.1) is 16.4 Å². The first-order valence-electron chi connectivity index (χ1n) is 7.63. The number of nitrogens with zero attached hydrogens (tertiary/aromatic N) is 3. The van der Waals surface area contributed by atoms with Gasteiger partial charge in [-0.3, -0.25) is 20.0 Å². The number of aromatic amines is 1. The molecule has 2 N–H and O–H groups in total. The van der Waals surface area contributed by atoms with E-state index in [1.54, 1.807) is 30.4 Å². The summed E-state index contributed by atoms with van der Waals surface area (Å²) in [5.41, 5.74) is 0.727. The van der Waals surface area contributed by atoms with Crippen molar-refractivity contribution in [1.82, 2.24) is 15.2 Å². The summed E-state index contributed by atoms with van der Waals surface area (Å²) in [4.78, 5) is 28.3. The molecule has 0 bridgehead atoms. The molecule has 1 amide bonds. The number of aryl methyl sites for hydroxylation is 1. The fraction of sp³-hybridized carbons (Fsp3) is 0.188. The molecule has 3 aromatic rings. The van der Waals surface area contributed by atoms with Crippen molar-refractivity contribution in [2.75, 3.05) is 11.1 Å². The number of benzene rings is 1. The molecule has 1 aromatic carbocycles. The lowest BCUT2D eigenvalue weighted by Crippen LogP contribution is -2.16. The van der Waals surface area contributed by atoms with Crippen LogP contribution in [0.1, 0.15) is 16.3 Å². The maximum atomic E-state index is 12.2. The fourth-order valence-corrected chi connectivity index (χ4v) is 3.60. The highest BCUT2D eigenvalue weighted by molar-refractivity contribution is 7.99. The van der Waals surface area contributed by atoms with Crippen molar-refractivity contribution in [3.05, 3.63) is 62.1 Å². The van der Waals surface area contributed by atoms with Crippen LogP contribution >= 0.6 is 23.1 Å². The fourth-order valence-electron chi connectivity index (χ4n) is 2.27. The second kappa shape index (κ2) is 8.11. The molecule has 26 heavy (non-hydrogen) atoms. The highest BCUT2D eigenvalue weighted by atomic mass is 32.2. The molecule has 0 aliphatic carbocycles. The monoisotopic (exact) mass is 389 g/mol. The number of aromatic nitrogens is 3. The smallest absolute Gasteiger partial charge is 0.293 e. The van der Waals surface area contributed by atoms with Crippen molar-refractivity contribution in [1.29, 1.82) is 0 Å². The molecule has 2 heterocycles. The third kappa shape index (κ3) is 4.46. The topological polar surface area (TPSA) is 114 Å². The lowest BCUT2D eigenvalue weighted by Gasteiger charge is -2.08. The molecule has 0 radical (unpaired) electrons. The number of thiophene rings is 1. The Labute approximate surface area is 157 Å². The van der Waals surface area contributed by atoms with Gasteiger partial charge in [-0.05, 0) is 23.9 Å². The largest absolute Gasteiger partial charge is 0.319 e. The SMILES string of the molecule is Cc1cccc([N+](=O)[O-])c1NC(=O)CSc1n[nH]c(Cc2cccs2)n1. The number of hydrogen-bond acceptors (Lipinski definition) is 7. The number of H-pyrrole nitrogens is 1. The minimum absolute atomic E-state index is 0.0573. The summed E-state index contributed by atoms with van der Waals surface area (Å²) in [7, 11) is 0. The summed E-state index contributed by atoms with van der Waals surface area (Å²) in [6.45, 7) is 1.71. The van der Waals surface area contributed by atoms with Gasteiger partial charge in [0.15, 0.2) is 0 Å². The Kier molecular flexibility index (Phi) is 5.64. The van der Waals surface area contributed by atoms with Gasteiger partial charge < -0.3 is 5.32 Å². The molecule has 3 rings (SSSR count). The Morgan fingerprint density at radius 2 is 2.23 bits per heavy atom. The normalized spacial score (nSPS) is 10.7. The molecule has 8 nitrogen and oxygen atoms in total. The Morgan fingerprint density at radius 3 is 2.96 bits per heavy atom. The van der Waals surface area contributed by atoms with Gasteiger partial charge in [0.25, 0.3) is 5.69 Å². The number of nitro benzene ring substituents is 1. The van der Waals surface area contributed by atoms with E-state index in [1.807, 2.05) is 17.5 Å². The third-order valence-electron chi connectivity index (χ3n) is 3.48. The number of rotatable bonds is 7. The summed E-state index contributed by atoms with van der Waals surface area (Å²) in [5, 5.41) is 23.1. The van der Waals surface area contributed by atoms with Crippen LogP contribution in [0.4, 0.5) is 11.4 Å². The number of para-hydroxylation sites is 1. The van der Waals surface area contributed by atoms with Gasteiger partial charge in [-0.2, -0.15) is 0 Å². The Hall–Kier alpha value is -2.72. The Bertz CT molecular complexity index is 924. The van der Waals surface area contributed by atoms with E-state index in [2.05, 4.69) is 20.5 Å². The Morgan fingerprint density at radius 1 is 1.38 bits per heavy atom. The maximum Gasteiger partial charge on any atom is 0.293 e. The number of hydrogen-bond donors (Lipinski definition) is 2. The van der Waals surface area contributed by atoms with E-state index in [-0.39, 0.29) is 23.0 Å². The average molecular weight is 389 g/mol. The highest BCUT2D eigenvalue weighted by Crippen LogP contribution is 2.28. The van der Waals surface area contributed by atoms with Crippen LogP contribution in [0.2, 0.25) is 0 Å².